The van der Waals surface area contributed by atoms with Crippen molar-refractivity contribution < 1.29 is 14.3 Å². The molecule has 0 atom stereocenters. The predicted molar refractivity (Wildman–Crippen MR) is 48.7 cm³/mol. The minimum absolute atomic E-state index is 0.0467. The minimum Gasteiger partial charge on any atom is -0.463 e. The van der Waals surface area contributed by atoms with Gasteiger partial charge in [0.2, 0.25) is 0 Å². The highest BCUT2D eigenvalue weighted by Gasteiger charge is 1.94. The van der Waals surface area contributed by atoms with Crippen molar-refractivity contribution in [2.45, 2.75) is 20.3 Å². The zero-order chi connectivity index (χ0) is 9.40. The van der Waals surface area contributed by atoms with Gasteiger partial charge in [0, 0.05) is 13.0 Å². The molecule has 0 fully saturated rings. The standard InChI is InChI=1S/C8H12O3S/c1-3-5-11-8(10)4-6-12-7(2)9/h4,6H,3,5H2,1-2H3. The van der Waals surface area contributed by atoms with Crippen molar-refractivity contribution in [1.29, 1.82) is 0 Å². The van der Waals surface area contributed by atoms with Crippen molar-refractivity contribution in [3.8, 4) is 0 Å². The van der Waals surface area contributed by atoms with E-state index in [0.717, 1.165) is 18.2 Å². The Bertz CT molecular complexity index is 187. The third-order valence-electron chi connectivity index (χ3n) is 0.887. The Morgan fingerprint density at radius 2 is 2.17 bits per heavy atom. The Morgan fingerprint density at radius 3 is 2.67 bits per heavy atom. The minimum atomic E-state index is -0.398. The van der Waals surface area contributed by atoms with E-state index < -0.39 is 5.97 Å². The van der Waals surface area contributed by atoms with E-state index in [1.165, 1.54) is 18.4 Å². The van der Waals surface area contributed by atoms with Gasteiger partial charge in [0.15, 0.2) is 5.12 Å². The third kappa shape index (κ3) is 7.34. The molecule has 0 saturated heterocycles. The number of carbonyl (C=O) groups is 2. The number of ether oxygens (including phenoxy) is 1. The Morgan fingerprint density at radius 1 is 1.50 bits per heavy atom. The first kappa shape index (κ1) is 11.2. The fraction of sp³-hybridized carbons (Fsp3) is 0.500. The second-order valence-corrected chi connectivity index (χ2v) is 3.16. The van der Waals surface area contributed by atoms with Crippen molar-refractivity contribution in [1.82, 2.24) is 0 Å². The largest absolute Gasteiger partial charge is 0.463 e. The van der Waals surface area contributed by atoms with Crippen LogP contribution >= 0.6 is 11.8 Å². The van der Waals surface area contributed by atoms with Gasteiger partial charge in [0.25, 0.3) is 0 Å². The average molecular weight is 188 g/mol. The molecule has 12 heavy (non-hydrogen) atoms. The number of carbonyl (C=O) groups excluding carboxylic acids is 2. The van der Waals surface area contributed by atoms with Crippen LogP contribution in [-0.2, 0) is 14.3 Å². The number of rotatable bonds is 4. The van der Waals surface area contributed by atoms with E-state index in [2.05, 4.69) is 0 Å². The lowest BCUT2D eigenvalue weighted by atomic mass is 10.5. The Kier molecular flexibility index (Phi) is 6.47. The van der Waals surface area contributed by atoms with Crippen LogP contribution in [0.4, 0.5) is 0 Å². The van der Waals surface area contributed by atoms with Gasteiger partial charge in [0.05, 0.1) is 6.61 Å². The van der Waals surface area contributed by atoms with E-state index in [-0.39, 0.29) is 5.12 Å². The Balaban J connectivity index is 3.54. The molecule has 0 amide bonds. The van der Waals surface area contributed by atoms with Gasteiger partial charge in [-0.15, -0.1) is 0 Å². The molecule has 0 aromatic carbocycles. The van der Waals surface area contributed by atoms with Gasteiger partial charge in [-0.25, -0.2) is 4.79 Å². The van der Waals surface area contributed by atoms with Gasteiger partial charge >= 0.3 is 5.97 Å². The lowest BCUT2D eigenvalue weighted by Crippen LogP contribution is -2.00. The highest BCUT2D eigenvalue weighted by molar-refractivity contribution is 8.16. The molecule has 0 unspecified atom stereocenters. The van der Waals surface area contributed by atoms with Crippen molar-refractivity contribution in [3.63, 3.8) is 0 Å². The van der Waals surface area contributed by atoms with Crippen molar-refractivity contribution in [2.24, 2.45) is 0 Å². The molecule has 0 saturated carbocycles. The predicted octanol–water partition coefficient (Wildman–Crippen LogP) is 1.73. The summed E-state index contributed by atoms with van der Waals surface area (Å²) in [5.41, 5.74) is 0. The second kappa shape index (κ2) is 6.91. The maximum Gasteiger partial charge on any atom is 0.331 e. The van der Waals surface area contributed by atoms with Crippen molar-refractivity contribution in [2.75, 3.05) is 6.61 Å². The van der Waals surface area contributed by atoms with E-state index in [1.807, 2.05) is 6.92 Å². The van der Waals surface area contributed by atoms with Crippen LogP contribution in [-0.4, -0.2) is 17.7 Å². The van der Waals surface area contributed by atoms with Crippen molar-refractivity contribution >= 4 is 22.8 Å². The molecule has 0 aliphatic carbocycles. The number of thioether (sulfide) groups is 1. The SMILES string of the molecule is CCCOC(=O)C=CSC(C)=O. The van der Waals surface area contributed by atoms with Gasteiger partial charge in [-0.3, -0.25) is 4.79 Å². The van der Waals surface area contributed by atoms with Gasteiger partial charge in [-0.05, 0) is 11.8 Å². The molecule has 0 N–H and O–H groups in total. The molecule has 0 aliphatic heterocycles. The maximum absolute atomic E-state index is 10.7. The molecule has 0 heterocycles. The first-order chi connectivity index (χ1) is 5.66. The first-order valence-corrected chi connectivity index (χ1v) is 4.55. The van der Waals surface area contributed by atoms with Crippen LogP contribution in [0.5, 0.6) is 0 Å². The second-order valence-electron chi connectivity index (χ2n) is 2.08. The maximum atomic E-state index is 10.7. The summed E-state index contributed by atoms with van der Waals surface area (Å²) < 4.78 is 4.72. The Labute approximate surface area is 76.2 Å². The van der Waals surface area contributed by atoms with Crippen LogP contribution in [0.25, 0.3) is 0 Å². The van der Waals surface area contributed by atoms with E-state index in [4.69, 9.17) is 4.74 Å². The normalized spacial score (nSPS) is 10.2. The molecule has 0 aromatic rings. The summed E-state index contributed by atoms with van der Waals surface area (Å²) in [5.74, 6) is -0.398. The fourth-order valence-electron chi connectivity index (χ4n) is 0.436. The quantitative estimate of drug-likeness (QED) is 0.498. The zero-order valence-electron chi connectivity index (χ0n) is 7.20. The summed E-state index contributed by atoms with van der Waals surface area (Å²) >= 11 is 0.973. The summed E-state index contributed by atoms with van der Waals surface area (Å²) in [7, 11) is 0. The molecule has 4 heteroatoms. The van der Waals surface area contributed by atoms with Gasteiger partial charge in [0.1, 0.15) is 0 Å². The van der Waals surface area contributed by atoms with E-state index in [1.54, 1.807) is 0 Å². The number of esters is 1. The third-order valence-corrected chi connectivity index (χ3v) is 1.49. The van der Waals surface area contributed by atoms with Crippen molar-refractivity contribution in [3.05, 3.63) is 11.5 Å². The summed E-state index contributed by atoms with van der Waals surface area (Å²) in [6.07, 6.45) is 2.06. The summed E-state index contributed by atoms with van der Waals surface area (Å²) in [4.78, 5) is 21.1. The molecule has 0 bridgehead atoms. The monoisotopic (exact) mass is 188 g/mol. The highest BCUT2D eigenvalue weighted by atomic mass is 32.2. The number of hydrogen-bond donors (Lipinski definition) is 0. The lowest BCUT2D eigenvalue weighted by Gasteiger charge is -1.96. The molecule has 0 aliphatic rings. The summed E-state index contributed by atoms with van der Waals surface area (Å²) in [6, 6.07) is 0. The van der Waals surface area contributed by atoms with Crippen LogP contribution in [0, 0.1) is 0 Å². The topological polar surface area (TPSA) is 43.4 Å². The summed E-state index contributed by atoms with van der Waals surface area (Å²) in [6.45, 7) is 3.78. The van der Waals surface area contributed by atoms with Gasteiger partial charge in [-0.2, -0.15) is 0 Å². The van der Waals surface area contributed by atoms with E-state index in [0.29, 0.717) is 6.61 Å². The molecular weight excluding hydrogens is 176 g/mol. The lowest BCUT2D eigenvalue weighted by molar-refractivity contribution is -0.137. The van der Waals surface area contributed by atoms with E-state index in [9.17, 15) is 9.59 Å². The van der Waals surface area contributed by atoms with Crippen LogP contribution in [0.1, 0.15) is 20.3 Å². The van der Waals surface area contributed by atoms with Crippen LogP contribution in [0.15, 0.2) is 11.5 Å². The summed E-state index contributed by atoms with van der Waals surface area (Å²) in [5, 5.41) is 1.38. The fourth-order valence-corrected chi connectivity index (χ4v) is 0.807. The average Bonchev–Trinajstić information content (AvgIpc) is 2.00. The molecule has 68 valence electrons. The van der Waals surface area contributed by atoms with Crippen LogP contribution < -0.4 is 0 Å². The number of hydrogen-bond acceptors (Lipinski definition) is 4. The molecular formula is C8H12O3S. The zero-order valence-corrected chi connectivity index (χ0v) is 8.02. The van der Waals surface area contributed by atoms with E-state index >= 15 is 0 Å². The van der Waals surface area contributed by atoms with Crippen LogP contribution in [0.2, 0.25) is 0 Å². The smallest absolute Gasteiger partial charge is 0.331 e. The first-order valence-electron chi connectivity index (χ1n) is 3.67. The molecule has 3 nitrogen and oxygen atoms in total. The van der Waals surface area contributed by atoms with Gasteiger partial charge in [-0.1, -0.05) is 18.7 Å². The van der Waals surface area contributed by atoms with Crippen LogP contribution in [0.3, 0.4) is 0 Å². The Hall–Kier alpha value is -0.770. The highest BCUT2D eigenvalue weighted by Crippen LogP contribution is 2.02. The molecule has 0 aromatic heterocycles. The van der Waals surface area contributed by atoms with Gasteiger partial charge < -0.3 is 4.74 Å². The molecule has 0 spiro atoms. The molecule has 0 radical (unpaired) electrons. The molecule has 0 rings (SSSR count).